The molecule has 0 saturated carbocycles. The first kappa shape index (κ1) is 8.27. The van der Waals surface area contributed by atoms with Crippen molar-refractivity contribution < 1.29 is 4.79 Å². The number of carbonyl (C=O) groups is 1. The Morgan fingerprint density at radius 1 is 1.64 bits per heavy atom. The van der Waals surface area contributed by atoms with Crippen molar-refractivity contribution in [1.29, 1.82) is 0 Å². The molecule has 11 heavy (non-hydrogen) atoms. The van der Waals surface area contributed by atoms with Crippen LogP contribution in [0.15, 0.2) is 24.4 Å². The molecule has 0 aliphatic heterocycles. The number of carbonyl (C=O) groups excluding carboxylic acids is 1. The van der Waals surface area contributed by atoms with Gasteiger partial charge < -0.3 is 0 Å². The van der Waals surface area contributed by atoms with Crippen molar-refractivity contribution in [2.45, 2.75) is 6.42 Å². The van der Waals surface area contributed by atoms with Crippen LogP contribution in [0.4, 0.5) is 0 Å². The van der Waals surface area contributed by atoms with Crippen LogP contribution in [0.25, 0.3) is 0 Å². The van der Waals surface area contributed by atoms with Gasteiger partial charge in [0, 0.05) is 11.9 Å². The predicted molar refractivity (Wildman–Crippen MR) is 46.5 cm³/mol. The number of thioether (sulfide) groups is 1. The molecule has 0 aliphatic rings. The van der Waals surface area contributed by atoms with Gasteiger partial charge in [-0.25, -0.2) is 0 Å². The van der Waals surface area contributed by atoms with Gasteiger partial charge in [0.05, 0.1) is 6.42 Å². The highest BCUT2D eigenvalue weighted by Crippen LogP contribution is 2.02. The first-order valence-corrected chi connectivity index (χ1v) is 4.52. The molecule has 0 atom stereocenters. The van der Waals surface area contributed by atoms with Crippen molar-refractivity contribution in [1.82, 2.24) is 4.98 Å². The van der Waals surface area contributed by atoms with Gasteiger partial charge in [-0.15, -0.1) is 0 Å². The van der Waals surface area contributed by atoms with Crippen LogP contribution < -0.4 is 0 Å². The van der Waals surface area contributed by atoms with E-state index in [0.717, 1.165) is 5.69 Å². The van der Waals surface area contributed by atoms with Gasteiger partial charge in [-0.05, 0) is 18.4 Å². The zero-order chi connectivity index (χ0) is 8.10. The molecule has 2 nitrogen and oxygen atoms in total. The summed E-state index contributed by atoms with van der Waals surface area (Å²) in [4.78, 5) is 14.9. The summed E-state index contributed by atoms with van der Waals surface area (Å²) >= 11 is 1.24. The molecular formula is C8H9NOS. The van der Waals surface area contributed by atoms with E-state index in [1.807, 2.05) is 18.2 Å². The van der Waals surface area contributed by atoms with Crippen LogP contribution in [0.1, 0.15) is 5.69 Å². The molecule has 58 valence electrons. The van der Waals surface area contributed by atoms with Crippen LogP contribution in [0, 0.1) is 0 Å². The van der Waals surface area contributed by atoms with Gasteiger partial charge in [0.2, 0.25) is 0 Å². The maximum Gasteiger partial charge on any atom is 0.194 e. The average Bonchev–Trinajstić information content (AvgIpc) is 2.06. The molecule has 1 heterocycles. The number of hydrogen-bond donors (Lipinski definition) is 0. The van der Waals surface area contributed by atoms with Gasteiger partial charge in [0.1, 0.15) is 0 Å². The highest BCUT2D eigenvalue weighted by molar-refractivity contribution is 8.13. The number of rotatable bonds is 2. The fraction of sp³-hybridized carbons (Fsp3) is 0.250. The van der Waals surface area contributed by atoms with Gasteiger partial charge in [-0.2, -0.15) is 0 Å². The van der Waals surface area contributed by atoms with Gasteiger partial charge >= 0.3 is 0 Å². The van der Waals surface area contributed by atoms with E-state index in [4.69, 9.17) is 0 Å². The second-order valence-corrected chi connectivity index (χ2v) is 2.94. The second-order valence-electron chi connectivity index (χ2n) is 2.07. The van der Waals surface area contributed by atoms with Crippen molar-refractivity contribution in [2.24, 2.45) is 0 Å². The first-order valence-electron chi connectivity index (χ1n) is 3.29. The van der Waals surface area contributed by atoms with E-state index in [0.29, 0.717) is 6.42 Å². The highest BCUT2D eigenvalue weighted by atomic mass is 32.2. The van der Waals surface area contributed by atoms with Gasteiger partial charge in [0.15, 0.2) is 5.12 Å². The smallest absolute Gasteiger partial charge is 0.194 e. The third kappa shape index (κ3) is 2.72. The van der Waals surface area contributed by atoms with Gasteiger partial charge in [0.25, 0.3) is 0 Å². The number of nitrogens with zero attached hydrogens (tertiary/aromatic N) is 1. The Labute approximate surface area is 70.0 Å². The molecule has 0 bridgehead atoms. The summed E-state index contributed by atoms with van der Waals surface area (Å²) in [5.41, 5.74) is 0.840. The van der Waals surface area contributed by atoms with E-state index in [-0.39, 0.29) is 5.12 Å². The normalized spacial score (nSPS) is 9.55. The van der Waals surface area contributed by atoms with Gasteiger partial charge in [-0.1, -0.05) is 17.8 Å². The quantitative estimate of drug-likeness (QED) is 0.668. The lowest BCUT2D eigenvalue weighted by atomic mass is 10.3. The summed E-state index contributed by atoms with van der Waals surface area (Å²) in [5, 5.41) is 0.156. The Kier molecular flexibility index (Phi) is 3.11. The molecule has 0 saturated heterocycles. The highest BCUT2D eigenvalue weighted by Gasteiger charge is 2.00. The molecule has 0 radical (unpaired) electrons. The molecular weight excluding hydrogens is 158 g/mol. The van der Waals surface area contributed by atoms with Crippen LogP contribution in [0.3, 0.4) is 0 Å². The Morgan fingerprint density at radius 2 is 2.45 bits per heavy atom. The van der Waals surface area contributed by atoms with E-state index in [9.17, 15) is 4.79 Å². The minimum absolute atomic E-state index is 0.156. The third-order valence-electron chi connectivity index (χ3n) is 1.28. The van der Waals surface area contributed by atoms with E-state index < -0.39 is 0 Å². The standard InChI is InChI=1S/C8H9NOS/c1-11-8(10)6-7-4-2-3-5-9-7/h2-5H,6H2,1H3. The van der Waals surface area contributed by atoms with E-state index in [2.05, 4.69) is 4.98 Å². The number of hydrogen-bond acceptors (Lipinski definition) is 3. The lowest BCUT2D eigenvalue weighted by Crippen LogP contribution is -1.97. The summed E-state index contributed by atoms with van der Waals surface area (Å²) < 4.78 is 0. The Hall–Kier alpha value is -0.830. The maximum atomic E-state index is 10.9. The monoisotopic (exact) mass is 167 g/mol. The molecule has 0 aliphatic carbocycles. The van der Waals surface area contributed by atoms with Crippen LogP contribution in [-0.2, 0) is 11.2 Å². The fourth-order valence-electron chi connectivity index (χ4n) is 0.723. The molecule has 0 aromatic carbocycles. The number of pyridine rings is 1. The molecule has 0 N–H and O–H groups in total. The topological polar surface area (TPSA) is 30.0 Å². The predicted octanol–water partition coefficient (Wildman–Crippen LogP) is 1.51. The maximum absolute atomic E-state index is 10.9. The first-order chi connectivity index (χ1) is 5.33. The Morgan fingerprint density at radius 3 is 3.00 bits per heavy atom. The summed E-state index contributed by atoms with van der Waals surface area (Å²) in [6.07, 6.45) is 3.91. The Balaban J connectivity index is 2.58. The summed E-state index contributed by atoms with van der Waals surface area (Å²) in [6.45, 7) is 0. The van der Waals surface area contributed by atoms with E-state index in [1.54, 1.807) is 12.5 Å². The molecule has 0 unspecified atom stereocenters. The van der Waals surface area contributed by atoms with Crippen molar-refractivity contribution in [2.75, 3.05) is 6.26 Å². The lowest BCUT2D eigenvalue weighted by molar-refractivity contribution is -0.110. The summed E-state index contributed by atoms with van der Waals surface area (Å²) in [6, 6.07) is 5.58. The second kappa shape index (κ2) is 4.13. The molecule has 1 rings (SSSR count). The van der Waals surface area contributed by atoms with Crippen LogP contribution in [0.2, 0.25) is 0 Å². The van der Waals surface area contributed by atoms with Crippen LogP contribution in [-0.4, -0.2) is 16.4 Å². The van der Waals surface area contributed by atoms with E-state index >= 15 is 0 Å². The molecule has 0 spiro atoms. The van der Waals surface area contributed by atoms with E-state index in [1.165, 1.54) is 11.8 Å². The summed E-state index contributed by atoms with van der Waals surface area (Å²) in [5.74, 6) is 0. The van der Waals surface area contributed by atoms with Crippen LogP contribution in [0.5, 0.6) is 0 Å². The van der Waals surface area contributed by atoms with Crippen molar-refractivity contribution >= 4 is 16.9 Å². The molecule has 1 aromatic rings. The Bertz CT molecular complexity index is 235. The van der Waals surface area contributed by atoms with Crippen molar-refractivity contribution in [3.8, 4) is 0 Å². The molecule has 1 aromatic heterocycles. The molecule has 0 amide bonds. The van der Waals surface area contributed by atoms with Crippen LogP contribution >= 0.6 is 11.8 Å². The SMILES string of the molecule is CSC(=O)Cc1ccccn1. The minimum Gasteiger partial charge on any atom is -0.287 e. The molecule has 0 fully saturated rings. The third-order valence-corrected chi connectivity index (χ3v) is 1.88. The average molecular weight is 167 g/mol. The minimum atomic E-state index is 0.156. The van der Waals surface area contributed by atoms with Crippen molar-refractivity contribution in [3.63, 3.8) is 0 Å². The van der Waals surface area contributed by atoms with Gasteiger partial charge in [-0.3, -0.25) is 9.78 Å². The summed E-state index contributed by atoms with van der Waals surface area (Å²) in [7, 11) is 0. The number of aromatic nitrogens is 1. The zero-order valence-corrected chi connectivity index (χ0v) is 7.10. The fourth-order valence-corrected chi connectivity index (χ4v) is 1.01. The van der Waals surface area contributed by atoms with Crippen molar-refractivity contribution in [3.05, 3.63) is 30.1 Å². The molecule has 3 heteroatoms. The largest absolute Gasteiger partial charge is 0.287 e. The zero-order valence-electron chi connectivity index (χ0n) is 6.28. The lowest BCUT2D eigenvalue weighted by Gasteiger charge is -1.94.